The highest BCUT2D eigenvalue weighted by Gasteiger charge is 2.39. The van der Waals surface area contributed by atoms with Gasteiger partial charge in [-0.25, -0.2) is 0 Å². The highest BCUT2D eigenvalue weighted by molar-refractivity contribution is 5.80. The topological polar surface area (TPSA) is 57.6 Å². The first-order chi connectivity index (χ1) is 10.0. The summed E-state index contributed by atoms with van der Waals surface area (Å²) in [6, 6.07) is 0. The molecule has 4 heteroatoms. The van der Waals surface area contributed by atoms with Crippen molar-refractivity contribution >= 4 is 11.9 Å². The third-order valence-corrected chi connectivity index (χ3v) is 5.48. The lowest BCUT2D eigenvalue weighted by Gasteiger charge is -2.43. The van der Waals surface area contributed by atoms with E-state index in [9.17, 15) is 9.59 Å². The van der Waals surface area contributed by atoms with Gasteiger partial charge in [0.2, 0.25) is 5.91 Å². The van der Waals surface area contributed by atoms with E-state index in [1.54, 1.807) is 6.92 Å². The van der Waals surface area contributed by atoms with Crippen molar-refractivity contribution in [1.82, 2.24) is 4.90 Å². The number of unbranched alkanes of at least 4 members (excludes halogenated alkanes) is 1. The van der Waals surface area contributed by atoms with Crippen LogP contribution in [0.2, 0.25) is 0 Å². The van der Waals surface area contributed by atoms with Gasteiger partial charge >= 0.3 is 5.97 Å². The predicted octanol–water partition coefficient (Wildman–Crippen LogP) is 3.16. The zero-order valence-corrected chi connectivity index (χ0v) is 13.4. The first-order valence-corrected chi connectivity index (χ1v) is 8.54. The number of rotatable bonds is 6. The standard InChI is InChI=1S/C17H29NO3/c1-3-4-5-13-6-8-14(9-7-13)16(19)18-10-15(11-18)12(2)17(20)21/h12-15H,3-11H2,1-2H3,(H,20,21). The Morgan fingerprint density at radius 1 is 1.19 bits per heavy atom. The Morgan fingerprint density at radius 2 is 1.81 bits per heavy atom. The van der Waals surface area contributed by atoms with E-state index >= 15 is 0 Å². The Hall–Kier alpha value is -1.06. The number of carboxylic acid groups (broad SMARTS) is 1. The largest absolute Gasteiger partial charge is 0.481 e. The van der Waals surface area contributed by atoms with Gasteiger partial charge in [-0.1, -0.05) is 33.1 Å². The number of hydrogen-bond donors (Lipinski definition) is 1. The third kappa shape index (κ3) is 3.98. The quantitative estimate of drug-likeness (QED) is 0.819. The third-order valence-electron chi connectivity index (χ3n) is 5.48. The lowest BCUT2D eigenvalue weighted by molar-refractivity contribution is -0.153. The Kier molecular flexibility index (Phi) is 5.65. The summed E-state index contributed by atoms with van der Waals surface area (Å²) in [5.74, 6) is 0.363. The molecule has 1 N–H and O–H groups in total. The Morgan fingerprint density at radius 3 is 2.33 bits per heavy atom. The van der Waals surface area contributed by atoms with Gasteiger partial charge in [0.1, 0.15) is 0 Å². The average molecular weight is 295 g/mol. The summed E-state index contributed by atoms with van der Waals surface area (Å²) < 4.78 is 0. The van der Waals surface area contributed by atoms with E-state index < -0.39 is 5.97 Å². The van der Waals surface area contributed by atoms with Crippen molar-refractivity contribution in [3.63, 3.8) is 0 Å². The molecule has 0 radical (unpaired) electrons. The van der Waals surface area contributed by atoms with Crippen molar-refractivity contribution in [2.75, 3.05) is 13.1 Å². The Bertz CT molecular complexity index is 368. The molecule has 1 atom stereocenters. The molecular formula is C17H29NO3. The van der Waals surface area contributed by atoms with Crippen LogP contribution in [0.4, 0.5) is 0 Å². The van der Waals surface area contributed by atoms with Crippen molar-refractivity contribution in [3.8, 4) is 0 Å². The fraction of sp³-hybridized carbons (Fsp3) is 0.882. The van der Waals surface area contributed by atoms with E-state index in [2.05, 4.69) is 6.92 Å². The first kappa shape index (κ1) is 16.3. The zero-order valence-electron chi connectivity index (χ0n) is 13.4. The van der Waals surface area contributed by atoms with Crippen LogP contribution in [0.15, 0.2) is 0 Å². The van der Waals surface area contributed by atoms with Crippen LogP contribution in [0.1, 0.15) is 58.8 Å². The van der Waals surface area contributed by atoms with E-state index in [0.717, 1.165) is 18.8 Å². The predicted molar refractivity (Wildman–Crippen MR) is 81.8 cm³/mol. The monoisotopic (exact) mass is 295 g/mol. The summed E-state index contributed by atoms with van der Waals surface area (Å²) in [6.45, 7) is 5.26. The van der Waals surface area contributed by atoms with Gasteiger partial charge in [0.25, 0.3) is 0 Å². The van der Waals surface area contributed by atoms with Gasteiger partial charge < -0.3 is 10.0 Å². The maximum absolute atomic E-state index is 12.4. The summed E-state index contributed by atoms with van der Waals surface area (Å²) in [4.78, 5) is 25.2. The molecule has 0 spiro atoms. The molecule has 4 nitrogen and oxygen atoms in total. The second-order valence-corrected chi connectivity index (χ2v) is 6.99. The van der Waals surface area contributed by atoms with Crippen LogP contribution in [0.25, 0.3) is 0 Å². The summed E-state index contributed by atoms with van der Waals surface area (Å²) in [7, 11) is 0. The molecule has 120 valence electrons. The molecule has 0 aromatic rings. The molecule has 1 unspecified atom stereocenters. The van der Waals surface area contributed by atoms with Gasteiger partial charge in [-0.05, 0) is 31.6 Å². The van der Waals surface area contributed by atoms with Crippen molar-refractivity contribution in [1.29, 1.82) is 0 Å². The number of aliphatic carboxylic acids is 1. The molecule has 21 heavy (non-hydrogen) atoms. The molecule has 1 heterocycles. The fourth-order valence-corrected chi connectivity index (χ4v) is 3.66. The number of likely N-dealkylation sites (tertiary alicyclic amines) is 1. The van der Waals surface area contributed by atoms with Crippen LogP contribution >= 0.6 is 0 Å². The Balaban J connectivity index is 1.70. The minimum atomic E-state index is -0.747. The highest BCUT2D eigenvalue weighted by Crippen LogP contribution is 2.35. The number of nitrogens with zero attached hydrogens (tertiary/aromatic N) is 1. The molecule has 1 aliphatic carbocycles. The normalized spacial score (nSPS) is 28.0. The van der Waals surface area contributed by atoms with E-state index in [0.29, 0.717) is 13.1 Å². The Labute approximate surface area is 127 Å². The van der Waals surface area contributed by atoms with Crippen LogP contribution in [-0.4, -0.2) is 35.0 Å². The number of amides is 1. The van der Waals surface area contributed by atoms with E-state index in [4.69, 9.17) is 5.11 Å². The lowest BCUT2D eigenvalue weighted by Crippen LogP contribution is -2.55. The molecular weight excluding hydrogens is 266 g/mol. The van der Waals surface area contributed by atoms with Crippen molar-refractivity contribution in [3.05, 3.63) is 0 Å². The molecule has 2 fully saturated rings. The van der Waals surface area contributed by atoms with Crippen LogP contribution in [0.3, 0.4) is 0 Å². The van der Waals surface area contributed by atoms with Gasteiger partial charge in [-0.3, -0.25) is 9.59 Å². The molecule has 1 amide bonds. The molecule has 1 saturated heterocycles. The van der Waals surface area contributed by atoms with Crippen LogP contribution in [0.5, 0.6) is 0 Å². The molecule has 1 saturated carbocycles. The van der Waals surface area contributed by atoms with Gasteiger partial charge in [0, 0.05) is 24.9 Å². The summed E-state index contributed by atoms with van der Waals surface area (Å²) in [6.07, 6.45) is 8.34. The van der Waals surface area contributed by atoms with Gasteiger partial charge in [-0.2, -0.15) is 0 Å². The van der Waals surface area contributed by atoms with Crippen molar-refractivity contribution in [2.24, 2.45) is 23.7 Å². The highest BCUT2D eigenvalue weighted by atomic mass is 16.4. The maximum Gasteiger partial charge on any atom is 0.306 e. The molecule has 1 aliphatic heterocycles. The zero-order chi connectivity index (χ0) is 15.4. The summed E-state index contributed by atoms with van der Waals surface area (Å²) in [5, 5.41) is 8.99. The number of carboxylic acids is 1. The van der Waals surface area contributed by atoms with Crippen LogP contribution in [-0.2, 0) is 9.59 Å². The molecule has 0 bridgehead atoms. The van der Waals surface area contributed by atoms with Gasteiger partial charge in [0.05, 0.1) is 5.92 Å². The van der Waals surface area contributed by atoms with Crippen molar-refractivity contribution < 1.29 is 14.7 Å². The molecule has 0 aromatic heterocycles. The fourth-order valence-electron chi connectivity index (χ4n) is 3.66. The second-order valence-electron chi connectivity index (χ2n) is 6.99. The van der Waals surface area contributed by atoms with Gasteiger partial charge in [-0.15, -0.1) is 0 Å². The number of carbonyl (C=O) groups excluding carboxylic acids is 1. The van der Waals surface area contributed by atoms with Crippen LogP contribution < -0.4 is 0 Å². The smallest absolute Gasteiger partial charge is 0.306 e. The van der Waals surface area contributed by atoms with Gasteiger partial charge in [0.15, 0.2) is 0 Å². The second kappa shape index (κ2) is 7.28. The summed E-state index contributed by atoms with van der Waals surface area (Å²) in [5.41, 5.74) is 0. The maximum atomic E-state index is 12.4. The van der Waals surface area contributed by atoms with E-state index in [-0.39, 0.29) is 23.7 Å². The minimum absolute atomic E-state index is 0.146. The van der Waals surface area contributed by atoms with E-state index in [1.807, 2.05) is 4.90 Å². The number of hydrogen-bond acceptors (Lipinski definition) is 2. The molecule has 2 rings (SSSR count). The molecule has 2 aliphatic rings. The lowest BCUT2D eigenvalue weighted by atomic mass is 9.78. The average Bonchev–Trinajstić information content (AvgIpc) is 2.43. The molecule has 0 aromatic carbocycles. The van der Waals surface area contributed by atoms with Crippen molar-refractivity contribution in [2.45, 2.75) is 58.8 Å². The summed E-state index contributed by atoms with van der Waals surface area (Å²) >= 11 is 0. The number of carbonyl (C=O) groups is 2. The first-order valence-electron chi connectivity index (χ1n) is 8.54. The van der Waals surface area contributed by atoms with E-state index in [1.165, 1.54) is 32.1 Å². The minimum Gasteiger partial charge on any atom is -0.481 e. The SMILES string of the molecule is CCCCC1CCC(C(=O)N2CC(C(C)C(=O)O)C2)CC1. The van der Waals surface area contributed by atoms with Crippen LogP contribution in [0, 0.1) is 23.7 Å².